The van der Waals surface area contributed by atoms with E-state index in [4.69, 9.17) is 9.97 Å². The van der Waals surface area contributed by atoms with E-state index < -0.39 is 0 Å². The average molecular weight is 285 g/mol. The van der Waals surface area contributed by atoms with Crippen LogP contribution in [-0.4, -0.2) is 16.2 Å². The first-order chi connectivity index (χ1) is 9.69. The monoisotopic (exact) mass is 285 g/mol. The van der Waals surface area contributed by atoms with Gasteiger partial charge in [0, 0.05) is 29.1 Å². The molecule has 0 bridgehead atoms. The van der Waals surface area contributed by atoms with Crippen molar-refractivity contribution < 1.29 is 0 Å². The first-order valence-electron chi connectivity index (χ1n) is 6.94. The standard InChI is InChI=1S/C16H19N3S/c1-10(2)15-13-8-17-9-14(13)18-16(19-15)11-4-6-12(20-3)7-5-11/h4-7,10,17H,8-9H2,1-3H3. The molecule has 0 fully saturated rings. The van der Waals surface area contributed by atoms with E-state index in [1.165, 1.54) is 16.2 Å². The number of benzene rings is 1. The summed E-state index contributed by atoms with van der Waals surface area (Å²) in [6.45, 7) is 6.14. The molecule has 1 aliphatic rings. The van der Waals surface area contributed by atoms with Crippen LogP contribution in [0, 0.1) is 0 Å². The van der Waals surface area contributed by atoms with Crippen molar-refractivity contribution in [3.63, 3.8) is 0 Å². The van der Waals surface area contributed by atoms with Gasteiger partial charge in [0.1, 0.15) is 0 Å². The van der Waals surface area contributed by atoms with E-state index in [-0.39, 0.29) is 0 Å². The van der Waals surface area contributed by atoms with Crippen LogP contribution in [0.2, 0.25) is 0 Å². The van der Waals surface area contributed by atoms with Gasteiger partial charge in [-0.3, -0.25) is 0 Å². The number of fused-ring (bicyclic) bond motifs is 1. The van der Waals surface area contributed by atoms with Gasteiger partial charge in [0.15, 0.2) is 5.82 Å². The quantitative estimate of drug-likeness (QED) is 0.875. The largest absolute Gasteiger partial charge is 0.307 e. The molecule has 0 atom stereocenters. The molecule has 0 amide bonds. The molecule has 1 N–H and O–H groups in total. The van der Waals surface area contributed by atoms with E-state index in [1.54, 1.807) is 11.8 Å². The Hall–Kier alpha value is -1.39. The number of nitrogens with zero attached hydrogens (tertiary/aromatic N) is 2. The smallest absolute Gasteiger partial charge is 0.159 e. The van der Waals surface area contributed by atoms with Gasteiger partial charge in [0.25, 0.3) is 0 Å². The predicted octanol–water partition coefficient (Wildman–Crippen LogP) is 3.59. The SMILES string of the molecule is CSc1ccc(-c2nc3c(c(C(C)C)n2)CNC3)cc1. The van der Waals surface area contributed by atoms with E-state index in [9.17, 15) is 0 Å². The van der Waals surface area contributed by atoms with Gasteiger partial charge in [-0.1, -0.05) is 26.0 Å². The lowest BCUT2D eigenvalue weighted by molar-refractivity contribution is 0.746. The summed E-state index contributed by atoms with van der Waals surface area (Å²) in [4.78, 5) is 10.8. The number of nitrogens with one attached hydrogen (secondary N) is 1. The van der Waals surface area contributed by atoms with Gasteiger partial charge in [0.2, 0.25) is 0 Å². The Labute approximate surface area is 124 Å². The zero-order valence-electron chi connectivity index (χ0n) is 12.1. The Morgan fingerprint density at radius 2 is 1.85 bits per heavy atom. The summed E-state index contributed by atoms with van der Waals surface area (Å²) in [5.74, 6) is 1.28. The molecule has 3 nitrogen and oxygen atoms in total. The lowest BCUT2D eigenvalue weighted by Crippen LogP contribution is -2.05. The van der Waals surface area contributed by atoms with Crippen LogP contribution in [0.25, 0.3) is 11.4 Å². The Morgan fingerprint density at radius 3 is 2.50 bits per heavy atom. The van der Waals surface area contributed by atoms with Crippen LogP contribution in [0.4, 0.5) is 0 Å². The van der Waals surface area contributed by atoms with Crippen molar-refractivity contribution in [3.8, 4) is 11.4 Å². The number of hydrogen-bond acceptors (Lipinski definition) is 4. The Balaban J connectivity index is 2.07. The minimum absolute atomic E-state index is 0.427. The van der Waals surface area contributed by atoms with Crippen molar-refractivity contribution in [2.24, 2.45) is 0 Å². The lowest BCUT2D eigenvalue weighted by Gasteiger charge is -2.12. The number of thioether (sulfide) groups is 1. The average Bonchev–Trinajstić information content (AvgIpc) is 2.94. The summed E-state index contributed by atoms with van der Waals surface area (Å²) >= 11 is 1.75. The second-order valence-corrected chi connectivity index (χ2v) is 6.22. The lowest BCUT2D eigenvalue weighted by atomic mass is 10.0. The minimum Gasteiger partial charge on any atom is -0.307 e. The molecule has 0 saturated heterocycles. The highest BCUT2D eigenvalue weighted by molar-refractivity contribution is 7.98. The molecule has 0 unspecified atom stereocenters. The zero-order valence-corrected chi connectivity index (χ0v) is 12.9. The van der Waals surface area contributed by atoms with Crippen LogP contribution < -0.4 is 5.32 Å². The Bertz CT molecular complexity index is 620. The summed E-state index contributed by atoms with van der Waals surface area (Å²) in [5, 5.41) is 3.37. The molecule has 0 aliphatic carbocycles. The minimum atomic E-state index is 0.427. The van der Waals surface area contributed by atoms with Crippen LogP contribution in [0.1, 0.15) is 36.7 Å². The number of rotatable bonds is 3. The number of aromatic nitrogens is 2. The van der Waals surface area contributed by atoms with E-state index in [1.807, 2.05) is 0 Å². The van der Waals surface area contributed by atoms with Crippen molar-refractivity contribution in [2.45, 2.75) is 37.8 Å². The van der Waals surface area contributed by atoms with E-state index in [2.05, 4.69) is 49.7 Å². The van der Waals surface area contributed by atoms with Gasteiger partial charge in [-0.25, -0.2) is 9.97 Å². The Kier molecular flexibility index (Phi) is 3.76. The van der Waals surface area contributed by atoms with Gasteiger partial charge in [-0.15, -0.1) is 11.8 Å². The summed E-state index contributed by atoms with van der Waals surface area (Å²) < 4.78 is 0. The number of hydrogen-bond donors (Lipinski definition) is 1. The third-order valence-electron chi connectivity index (χ3n) is 3.61. The van der Waals surface area contributed by atoms with Gasteiger partial charge >= 0.3 is 0 Å². The maximum atomic E-state index is 4.81. The first kappa shape index (κ1) is 13.6. The van der Waals surface area contributed by atoms with Crippen LogP contribution in [-0.2, 0) is 13.1 Å². The molecule has 0 radical (unpaired) electrons. The van der Waals surface area contributed by atoms with Crippen molar-refractivity contribution in [1.82, 2.24) is 15.3 Å². The van der Waals surface area contributed by atoms with Crippen LogP contribution in [0.3, 0.4) is 0 Å². The molecule has 1 aromatic carbocycles. The van der Waals surface area contributed by atoms with Crippen molar-refractivity contribution in [3.05, 3.63) is 41.2 Å². The molecule has 0 spiro atoms. The summed E-state index contributed by atoms with van der Waals surface area (Å²) in [5.41, 5.74) is 4.74. The molecule has 3 rings (SSSR count). The molecule has 1 aromatic heterocycles. The molecule has 1 aliphatic heterocycles. The van der Waals surface area contributed by atoms with Crippen LogP contribution in [0.15, 0.2) is 29.2 Å². The summed E-state index contributed by atoms with van der Waals surface area (Å²) in [6, 6.07) is 8.48. The third-order valence-corrected chi connectivity index (χ3v) is 4.36. The normalized spacial score (nSPS) is 13.8. The first-order valence-corrected chi connectivity index (χ1v) is 8.16. The highest BCUT2D eigenvalue weighted by Crippen LogP contribution is 2.27. The van der Waals surface area contributed by atoms with Crippen LogP contribution in [0.5, 0.6) is 0 Å². The van der Waals surface area contributed by atoms with Crippen molar-refractivity contribution >= 4 is 11.8 Å². The second-order valence-electron chi connectivity index (χ2n) is 5.34. The van der Waals surface area contributed by atoms with E-state index >= 15 is 0 Å². The maximum Gasteiger partial charge on any atom is 0.159 e. The Morgan fingerprint density at radius 1 is 1.10 bits per heavy atom. The molecule has 104 valence electrons. The molecule has 2 aromatic rings. The molecular weight excluding hydrogens is 266 g/mol. The highest BCUT2D eigenvalue weighted by Gasteiger charge is 2.20. The van der Waals surface area contributed by atoms with Crippen molar-refractivity contribution in [1.29, 1.82) is 0 Å². The maximum absolute atomic E-state index is 4.81. The van der Waals surface area contributed by atoms with Crippen LogP contribution >= 0.6 is 11.8 Å². The van der Waals surface area contributed by atoms with Crippen molar-refractivity contribution in [2.75, 3.05) is 6.26 Å². The third kappa shape index (κ3) is 2.45. The topological polar surface area (TPSA) is 37.8 Å². The van der Waals surface area contributed by atoms with Gasteiger partial charge < -0.3 is 5.32 Å². The molecule has 0 saturated carbocycles. The van der Waals surface area contributed by atoms with Gasteiger partial charge in [-0.2, -0.15) is 0 Å². The molecule has 2 heterocycles. The zero-order chi connectivity index (χ0) is 14.1. The molecule has 20 heavy (non-hydrogen) atoms. The summed E-state index contributed by atoms with van der Waals surface area (Å²) in [6.07, 6.45) is 2.09. The second kappa shape index (κ2) is 5.54. The molecular formula is C16H19N3S. The fraction of sp³-hybridized carbons (Fsp3) is 0.375. The van der Waals surface area contributed by atoms with E-state index in [0.717, 1.165) is 30.2 Å². The van der Waals surface area contributed by atoms with Gasteiger partial charge in [0.05, 0.1) is 11.4 Å². The highest BCUT2D eigenvalue weighted by atomic mass is 32.2. The predicted molar refractivity (Wildman–Crippen MR) is 83.9 cm³/mol. The fourth-order valence-electron chi connectivity index (χ4n) is 2.54. The summed E-state index contributed by atoms with van der Waals surface area (Å²) in [7, 11) is 0. The fourth-order valence-corrected chi connectivity index (χ4v) is 2.95. The van der Waals surface area contributed by atoms with Gasteiger partial charge in [-0.05, 0) is 24.3 Å². The molecule has 4 heteroatoms. The van der Waals surface area contributed by atoms with E-state index in [0.29, 0.717) is 5.92 Å².